The summed E-state index contributed by atoms with van der Waals surface area (Å²) >= 11 is 6.00. The average molecular weight is 334 g/mol. The highest BCUT2D eigenvalue weighted by atomic mass is 35.5. The van der Waals surface area contributed by atoms with Crippen LogP contribution in [0.3, 0.4) is 0 Å². The molecule has 3 rings (SSSR count). The van der Waals surface area contributed by atoms with E-state index in [1.807, 2.05) is 0 Å². The highest BCUT2D eigenvalue weighted by molar-refractivity contribution is 6.30. The molecule has 1 heterocycles. The molecule has 120 valence electrons. The van der Waals surface area contributed by atoms with E-state index in [1.165, 1.54) is 4.90 Å². The number of anilines is 1. The number of halogens is 1. The summed E-state index contributed by atoms with van der Waals surface area (Å²) in [6.07, 6.45) is 2.71. The number of ether oxygens (including phenoxy) is 1. The molecule has 2 aliphatic rings. The van der Waals surface area contributed by atoms with Crippen LogP contribution in [0.2, 0.25) is 0 Å². The maximum absolute atomic E-state index is 12.5. The van der Waals surface area contributed by atoms with Crippen LogP contribution >= 0.6 is 11.6 Å². The molecule has 1 saturated heterocycles. The fraction of sp³-hybridized carbons (Fsp3) is 0.353. The minimum atomic E-state index is -0.428. The molecule has 0 bridgehead atoms. The number of benzene rings is 1. The zero-order valence-electron chi connectivity index (χ0n) is 12.6. The molecule has 1 fully saturated rings. The molecule has 2 atom stereocenters. The molecule has 2 unspecified atom stereocenters. The molecule has 6 heteroatoms. The second-order valence-corrected chi connectivity index (χ2v) is 6.07. The first-order valence-electron chi connectivity index (χ1n) is 7.52. The van der Waals surface area contributed by atoms with Crippen molar-refractivity contribution < 1.29 is 19.1 Å². The summed E-state index contributed by atoms with van der Waals surface area (Å²) in [5.41, 5.74) is 0.857. The summed E-state index contributed by atoms with van der Waals surface area (Å²) in [7, 11) is 0. The van der Waals surface area contributed by atoms with Gasteiger partial charge in [0.2, 0.25) is 11.8 Å². The SMILES string of the molecule is CCOC(=O)c1ccc(N2C(=O)C3CC=C(Cl)CC3C2=O)cc1. The Kier molecular flexibility index (Phi) is 4.22. The van der Waals surface area contributed by atoms with Crippen LogP contribution in [-0.2, 0) is 14.3 Å². The van der Waals surface area contributed by atoms with E-state index in [9.17, 15) is 14.4 Å². The van der Waals surface area contributed by atoms with Crippen molar-refractivity contribution in [3.63, 3.8) is 0 Å². The van der Waals surface area contributed by atoms with Gasteiger partial charge in [0.1, 0.15) is 0 Å². The van der Waals surface area contributed by atoms with Crippen molar-refractivity contribution in [3.05, 3.63) is 40.9 Å². The van der Waals surface area contributed by atoms with Gasteiger partial charge in [0.25, 0.3) is 0 Å². The Morgan fingerprint density at radius 2 is 1.87 bits per heavy atom. The zero-order chi connectivity index (χ0) is 16.6. The van der Waals surface area contributed by atoms with Gasteiger partial charge in [0.05, 0.1) is 29.7 Å². The third-order valence-corrected chi connectivity index (χ3v) is 4.51. The molecule has 0 aromatic heterocycles. The molecule has 0 N–H and O–H groups in total. The van der Waals surface area contributed by atoms with E-state index in [2.05, 4.69) is 0 Å². The first kappa shape index (κ1) is 15.7. The van der Waals surface area contributed by atoms with Crippen LogP contribution in [0, 0.1) is 11.8 Å². The molecular formula is C17H16ClNO4. The Labute approximate surface area is 138 Å². The quantitative estimate of drug-likeness (QED) is 0.630. The minimum Gasteiger partial charge on any atom is -0.462 e. The number of nitrogens with zero attached hydrogens (tertiary/aromatic N) is 1. The maximum Gasteiger partial charge on any atom is 0.338 e. The second kappa shape index (κ2) is 6.16. The van der Waals surface area contributed by atoms with E-state index in [1.54, 1.807) is 37.3 Å². The first-order valence-corrected chi connectivity index (χ1v) is 7.90. The summed E-state index contributed by atoms with van der Waals surface area (Å²) < 4.78 is 4.92. The van der Waals surface area contributed by atoms with E-state index in [0.717, 1.165) is 0 Å². The van der Waals surface area contributed by atoms with Gasteiger partial charge in [0.15, 0.2) is 0 Å². The van der Waals surface area contributed by atoms with Crippen molar-refractivity contribution in [3.8, 4) is 0 Å². The van der Waals surface area contributed by atoms with E-state index < -0.39 is 5.97 Å². The van der Waals surface area contributed by atoms with Crippen molar-refractivity contribution in [1.29, 1.82) is 0 Å². The van der Waals surface area contributed by atoms with Gasteiger partial charge in [-0.1, -0.05) is 17.7 Å². The summed E-state index contributed by atoms with van der Waals surface area (Å²) in [6.45, 7) is 2.02. The van der Waals surface area contributed by atoms with E-state index >= 15 is 0 Å². The Balaban J connectivity index is 1.84. The second-order valence-electron chi connectivity index (χ2n) is 5.58. The molecule has 1 aliphatic heterocycles. The van der Waals surface area contributed by atoms with Gasteiger partial charge in [0, 0.05) is 5.03 Å². The van der Waals surface area contributed by atoms with Crippen LogP contribution in [0.15, 0.2) is 35.4 Å². The molecule has 1 aromatic rings. The molecule has 1 aromatic carbocycles. The highest BCUT2D eigenvalue weighted by Crippen LogP contribution is 2.40. The van der Waals surface area contributed by atoms with Gasteiger partial charge in [-0.05, 0) is 44.0 Å². The summed E-state index contributed by atoms with van der Waals surface area (Å²) in [5.74, 6) is -1.58. The fourth-order valence-corrected chi connectivity index (χ4v) is 3.30. The molecular weight excluding hydrogens is 318 g/mol. The lowest BCUT2D eigenvalue weighted by atomic mass is 9.85. The van der Waals surface area contributed by atoms with Crippen LogP contribution in [0.4, 0.5) is 5.69 Å². The van der Waals surface area contributed by atoms with Crippen molar-refractivity contribution in [1.82, 2.24) is 0 Å². The largest absolute Gasteiger partial charge is 0.462 e. The predicted octanol–water partition coefficient (Wildman–Crippen LogP) is 2.89. The van der Waals surface area contributed by atoms with Crippen LogP contribution in [0.1, 0.15) is 30.1 Å². The Bertz CT molecular complexity index is 695. The molecule has 2 amide bonds. The molecule has 0 spiro atoms. The van der Waals surface area contributed by atoms with Crippen LogP contribution in [0.5, 0.6) is 0 Å². The number of fused-ring (bicyclic) bond motifs is 1. The number of hydrogen-bond donors (Lipinski definition) is 0. The van der Waals surface area contributed by atoms with Gasteiger partial charge in [-0.15, -0.1) is 0 Å². The number of imide groups is 1. The standard InChI is InChI=1S/C17H16ClNO4/c1-2-23-17(22)10-3-6-12(7-4-10)19-15(20)13-8-5-11(18)9-14(13)16(19)21/h3-7,13-14H,2,8-9H2,1H3. The third-order valence-electron chi connectivity index (χ3n) is 4.21. The minimum absolute atomic E-state index is 0.204. The lowest BCUT2D eigenvalue weighted by Crippen LogP contribution is -2.30. The lowest BCUT2D eigenvalue weighted by Gasteiger charge is -2.17. The number of carbonyl (C=O) groups is 3. The molecule has 1 aliphatic carbocycles. The number of esters is 1. The maximum atomic E-state index is 12.5. The number of carbonyl (C=O) groups excluding carboxylic acids is 3. The van der Waals surface area contributed by atoms with Gasteiger partial charge < -0.3 is 4.74 Å². The molecule has 0 saturated carbocycles. The van der Waals surface area contributed by atoms with Gasteiger partial charge in [-0.3, -0.25) is 14.5 Å². The smallest absolute Gasteiger partial charge is 0.338 e. The zero-order valence-corrected chi connectivity index (χ0v) is 13.4. The molecule has 5 nitrogen and oxygen atoms in total. The first-order chi connectivity index (χ1) is 11.0. The normalized spacial score (nSPS) is 23.6. The summed E-state index contributed by atoms with van der Waals surface area (Å²) in [6, 6.07) is 6.30. The molecule has 23 heavy (non-hydrogen) atoms. The van der Waals surface area contributed by atoms with Gasteiger partial charge in [-0.25, -0.2) is 4.79 Å². The van der Waals surface area contributed by atoms with Crippen molar-refractivity contribution in [2.75, 3.05) is 11.5 Å². The number of amides is 2. The van der Waals surface area contributed by atoms with Crippen LogP contribution < -0.4 is 4.90 Å². The Morgan fingerprint density at radius 3 is 2.52 bits per heavy atom. The van der Waals surface area contributed by atoms with Crippen LogP contribution in [0.25, 0.3) is 0 Å². The van der Waals surface area contributed by atoms with E-state index in [4.69, 9.17) is 16.3 Å². The van der Waals surface area contributed by atoms with Crippen molar-refractivity contribution in [2.24, 2.45) is 11.8 Å². The summed E-state index contributed by atoms with van der Waals surface area (Å²) in [4.78, 5) is 37.9. The third kappa shape index (κ3) is 2.77. The van der Waals surface area contributed by atoms with E-state index in [-0.39, 0.29) is 23.7 Å². The van der Waals surface area contributed by atoms with Crippen molar-refractivity contribution in [2.45, 2.75) is 19.8 Å². The topological polar surface area (TPSA) is 63.7 Å². The van der Waals surface area contributed by atoms with Crippen LogP contribution in [-0.4, -0.2) is 24.4 Å². The highest BCUT2D eigenvalue weighted by Gasteiger charge is 2.48. The lowest BCUT2D eigenvalue weighted by molar-refractivity contribution is -0.122. The molecule has 0 radical (unpaired) electrons. The van der Waals surface area contributed by atoms with Crippen molar-refractivity contribution >= 4 is 35.1 Å². The van der Waals surface area contributed by atoms with E-state index in [0.29, 0.717) is 35.7 Å². The Hall–Kier alpha value is -2.14. The number of rotatable bonds is 3. The van der Waals surface area contributed by atoms with Gasteiger partial charge >= 0.3 is 5.97 Å². The Morgan fingerprint density at radius 1 is 1.22 bits per heavy atom. The summed E-state index contributed by atoms with van der Waals surface area (Å²) in [5, 5.41) is 0.631. The monoisotopic (exact) mass is 333 g/mol. The van der Waals surface area contributed by atoms with Gasteiger partial charge in [-0.2, -0.15) is 0 Å². The fourth-order valence-electron chi connectivity index (χ4n) is 3.04. The predicted molar refractivity (Wildman–Crippen MR) is 85.0 cm³/mol. The number of allylic oxidation sites excluding steroid dienone is 2. The average Bonchev–Trinajstić information content (AvgIpc) is 2.79. The number of hydrogen-bond acceptors (Lipinski definition) is 4.